The Balaban J connectivity index is 2.73. The van der Waals surface area contributed by atoms with Gasteiger partial charge in [-0.1, -0.05) is 13.3 Å². The molecule has 1 aromatic carbocycles. The van der Waals surface area contributed by atoms with Gasteiger partial charge in [0.15, 0.2) is 0 Å². The number of alkyl halides is 1. The number of aromatic nitrogens is 2. The molecule has 0 unspecified atom stereocenters. The molecule has 104 valence electrons. The third kappa shape index (κ3) is 2.48. The zero-order chi connectivity index (χ0) is 14.2. The van der Waals surface area contributed by atoms with Crippen molar-refractivity contribution in [3.05, 3.63) is 29.3 Å². The van der Waals surface area contributed by atoms with Crippen molar-refractivity contribution in [2.75, 3.05) is 0 Å². The maximum absolute atomic E-state index is 13.7. The van der Waals surface area contributed by atoms with E-state index in [2.05, 4.69) is 30.3 Å². The molecule has 0 fully saturated rings. The van der Waals surface area contributed by atoms with Crippen LogP contribution >= 0.6 is 11.6 Å². The maximum Gasteiger partial charge on any atom is 0.128 e. The van der Waals surface area contributed by atoms with Crippen molar-refractivity contribution < 1.29 is 4.39 Å². The van der Waals surface area contributed by atoms with Crippen molar-refractivity contribution >= 4 is 22.6 Å². The summed E-state index contributed by atoms with van der Waals surface area (Å²) in [5.74, 6) is 0.925. The molecular weight excluding hydrogens is 263 g/mol. The van der Waals surface area contributed by atoms with Crippen LogP contribution in [0.2, 0.25) is 0 Å². The minimum Gasteiger partial charge on any atom is -0.321 e. The fourth-order valence-electron chi connectivity index (χ4n) is 2.74. The van der Waals surface area contributed by atoms with Crippen LogP contribution in [0.1, 0.15) is 45.0 Å². The van der Waals surface area contributed by atoms with Crippen LogP contribution in [0, 0.1) is 12.7 Å². The summed E-state index contributed by atoms with van der Waals surface area (Å²) in [6.45, 7) is 8.28. The number of halogens is 2. The average Bonchev–Trinajstić information content (AvgIpc) is 2.68. The van der Waals surface area contributed by atoms with Gasteiger partial charge in [0.2, 0.25) is 0 Å². The van der Waals surface area contributed by atoms with Crippen LogP contribution in [0.5, 0.6) is 0 Å². The lowest BCUT2D eigenvalue weighted by atomic mass is 9.98. The van der Waals surface area contributed by atoms with Gasteiger partial charge in [0, 0.05) is 11.6 Å². The normalized spacial score (nSPS) is 12.3. The summed E-state index contributed by atoms with van der Waals surface area (Å²) in [4.78, 5) is 4.47. The van der Waals surface area contributed by atoms with E-state index < -0.39 is 0 Å². The van der Waals surface area contributed by atoms with Crippen molar-refractivity contribution in [2.45, 2.75) is 52.0 Å². The number of fused-ring (bicyclic) bond motifs is 1. The molecule has 0 aliphatic carbocycles. The van der Waals surface area contributed by atoms with E-state index in [-0.39, 0.29) is 11.4 Å². The summed E-state index contributed by atoms with van der Waals surface area (Å²) >= 11 is 6.01. The Morgan fingerprint density at radius 2 is 2.05 bits per heavy atom. The standard InChI is InChI=1S/C15H20ClFN2/c1-5-6-15(3,4)19-13-7-10(2)11(17)8-12(13)18-14(19)9-16/h7-8H,5-6,9H2,1-4H3. The Hall–Kier alpha value is -1.09. The Labute approximate surface area is 118 Å². The third-order valence-corrected chi connectivity index (χ3v) is 3.83. The van der Waals surface area contributed by atoms with E-state index in [4.69, 9.17) is 11.6 Å². The van der Waals surface area contributed by atoms with Gasteiger partial charge in [0.05, 0.1) is 16.9 Å². The van der Waals surface area contributed by atoms with Crippen LogP contribution < -0.4 is 0 Å². The largest absolute Gasteiger partial charge is 0.321 e. The lowest BCUT2D eigenvalue weighted by Gasteiger charge is -2.29. The molecular formula is C15H20ClFN2. The topological polar surface area (TPSA) is 17.8 Å². The molecule has 1 heterocycles. The fraction of sp³-hybridized carbons (Fsp3) is 0.533. The van der Waals surface area contributed by atoms with E-state index in [9.17, 15) is 4.39 Å². The second-order valence-electron chi connectivity index (χ2n) is 5.65. The number of hydrogen-bond acceptors (Lipinski definition) is 1. The highest BCUT2D eigenvalue weighted by molar-refractivity contribution is 6.16. The minimum absolute atomic E-state index is 0.0714. The van der Waals surface area contributed by atoms with Crippen LogP contribution in [0.3, 0.4) is 0 Å². The van der Waals surface area contributed by atoms with E-state index in [1.165, 1.54) is 6.07 Å². The summed E-state index contributed by atoms with van der Waals surface area (Å²) in [7, 11) is 0. The molecule has 4 heteroatoms. The lowest BCUT2D eigenvalue weighted by molar-refractivity contribution is 0.326. The average molecular weight is 283 g/mol. The quantitative estimate of drug-likeness (QED) is 0.740. The summed E-state index contributed by atoms with van der Waals surface area (Å²) in [6.07, 6.45) is 2.10. The van der Waals surface area contributed by atoms with Gasteiger partial charge in [-0.05, 0) is 38.8 Å². The molecule has 0 aliphatic rings. The van der Waals surface area contributed by atoms with Gasteiger partial charge in [-0.15, -0.1) is 11.6 Å². The highest BCUT2D eigenvalue weighted by Gasteiger charge is 2.25. The number of hydrogen-bond donors (Lipinski definition) is 0. The Bertz CT molecular complexity index is 602. The Morgan fingerprint density at radius 3 is 2.63 bits per heavy atom. The summed E-state index contributed by atoms with van der Waals surface area (Å²) in [5.41, 5.74) is 2.22. The van der Waals surface area contributed by atoms with E-state index in [1.54, 1.807) is 6.92 Å². The molecule has 0 saturated heterocycles. The number of aryl methyl sites for hydroxylation is 1. The van der Waals surface area contributed by atoms with Crippen LogP contribution in [-0.2, 0) is 11.4 Å². The molecule has 0 amide bonds. The molecule has 2 nitrogen and oxygen atoms in total. The van der Waals surface area contributed by atoms with Crippen molar-refractivity contribution in [2.24, 2.45) is 0 Å². The summed E-state index contributed by atoms with van der Waals surface area (Å²) in [5, 5.41) is 0. The molecule has 0 saturated carbocycles. The highest BCUT2D eigenvalue weighted by atomic mass is 35.5. The van der Waals surface area contributed by atoms with Gasteiger partial charge in [-0.2, -0.15) is 0 Å². The first-order valence-electron chi connectivity index (χ1n) is 6.64. The summed E-state index contributed by atoms with van der Waals surface area (Å²) in [6, 6.07) is 3.37. The second kappa shape index (κ2) is 5.12. The summed E-state index contributed by atoms with van der Waals surface area (Å²) < 4.78 is 15.8. The zero-order valence-corrected chi connectivity index (χ0v) is 12.7. The van der Waals surface area contributed by atoms with Crippen molar-refractivity contribution in [1.82, 2.24) is 9.55 Å². The molecule has 0 radical (unpaired) electrons. The molecule has 2 aromatic rings. The molecule has 1 aromatic heterocycles. The van der Waals surface area contributed by atoms with Crippen LogP contribution in [0.25, 0.3) is 11.0 Å². The molecule has 0 spiro atoms. The first kappa shape index (κ1) is 14.3. The molecule has 0 bridgehead atoms. The number of imidazole rings is 1. The fourth-order valence-corrected chi connectivity index (χ4v) is 2.92. The number of nitrogens with zero attached hydrogens (tertiary/aromatic N) is 2. The zero-order valence-electron chi connectivity index (χ0n) is 11.9. The van der Waals surface area contributed by atoms with Gasteiger partial charge in [-0.3, -0.25) is 0 Å². The van der Waals surface area contributed by atoms with Gasteiger partial charge < -0.3 is 4.57 Å². The van der Waals surface area contributed by atoms with Gasteiger partial charge in [-0.25, -0.2) is 9.37 Å². The minimum atomic E-state index is -0.216. The lowest BCUT2D eigenvalue weighted by Crippen LogP contribution is -2.27. The molecule has 19 heavy (non-hydrogen) atoms. The molecule has 0 aliphatic heterocycles. The van der Waals surface area contributed by atoms with Crippen LogP contribution in [0.15, 0.2) is 12.1 Å². The first-order chi connectivity index (χ1) is 8.90. The number of rotatable bonds is 4. The van der Waals surface area contributed by atoms with Gasteiger partial charge >= 0.3 is 0 Å². The van der Waals surface area contributed by atoms with Crippen molar-refractivity contribution in [3.63, 3.8) is 0 Å². The number of benzene rings is 1. The van der Waals surface area contributed by atoms with Crippen molar-refractivity contribution in [1.29, 1.82) is 0 Å². The monoisotopic (exact) mass is 282 g/mol. The third-order valence-electron chi connectivity index (χ3n) is 3.59. The van der Waals surface area contributed by atoms with E-state index in [0.29, 0.717) is 17.0 Å². The molecule has 2 rings (SSSR count). The predicted octanol–water partition coefficient (Wildman–Crippen LogP) is 4.76. The Morgan fingerprint density at radius 1 is 1.37 bits per heavy atom. The van der Waals surface area contributed by atoms with Gasteiger partial charge in [0.25, 0.3) is 0 Å². The van der Waals surface area contributed by atoms with Crippen molar-refractivity contribution in [3.8, 4) is 0 Å². The maximum atomic E-state index is 13.7. The Kier molecular flexibility index (Phi) is 3.86. The highest BCUT2D eigenvalue weighted by Crippen LogP contribution is 2.31. The van der Waals surface area contributed by atoms with Crippen LogP contribution in [0.4, 0.5) is 4.39 Å². The van der Waals surface area contributed by atoms with E-state index in [0.717, 1.165) is 24.2 Å². The first-order valence-corrected chi connectivity index (χ1v) is 7.18. The van der Waals surface area contributed by atoms with E-state index >= 15 is 0 Å². The molecule has 0 N–H and O–H groups in total. The predicted molar refractivity (Wildman–Crippen MR) is 78.2 cm³/mol. The van der Waals surface area contributed by atoms with Gasteiger partial charge in [0.1, 0.15) is 11.6 Å². The SMILES string of the molecule is CCCC(C)(C)n1c(CCl)nc2cc(F)c(C)cc21. The molecule has 0 atom stereocenters. The van der Waals surface area contributed by atoms with Crippen LogP contribution in [-0.4, -0.2) is 9.55 Å². The van der Waals surface area contributed by atoms with E-state index in [1.807, 2.05) is 6.07 Å². The smallest absolute Gasteiger partial charge is 0.128 e. The second-order valence-corrected chi connectivity index (χ2v) is 5.92.